The smallest absolute Gasteiger partial charge is 0.0991 e. The highest BCUT2D eigenvalue weighted by Gasteiger charge is 1.94. The maximum atomic E-state index is 8.50. The Labute approximate surface area is 73.8 Å². The van der Waals surface area contributed by atoms with Crippen LogP contribution in [0.4, 0.5) is 0 Å². The van der Waals surface area contributed by atoms with Gasteiger partial charge in [-0.15, -0.1) is 0 Å². The molecule has 0 unspecified atom stereocenters. The zero-order chi connectivity index (χ0) is 7.56. The van der Waals surface area contributed by atoms with E-state index in [0.29, 0.717) is 0 Å². The van der Waals surface area contributed by atoms with Crippen molar-refractivity contribution in [3.05, 3.63) is 32.9 Å². The Kier molecular flexibility index (Phi) is 2.28. The van der Waals surface area contributed by atoms with Gasteiger partial charge in [0.15, 0.2) is 0 Å². The molecule has 0 heterocycles. The second-order valence-electron chi connectivity index (χ2n) is 2.08. The van der Waals surface area contributed by atoms with E-state index in [4.69, 9.17) is 5.26 Å². The average Bonchev–Trinajstić information content (AvgIpc) is 1.95. The van der Waals surface area contributed by atoms with Crippen LogP contribution >= 0.6 is 22.6 Å². The van der Waals surface area contributed by atoms with E-state index in [9.17, 15) is 0 Å². The van der Waals surface area contributed by atoms with Crippen LogP contribution < -0.4 is 0 Å². The Morgan fingerprint density at radius 2 is 2.20 bits per heavy atom. The van der Waals surface area contributed by atoms with Gasteiger partial charge in [0, 0.05) is 3.57 Å². The lowest BCUT2D eigenvalue weighted by Crippen LogP contribution is -1.80. The number of hydrogen-bond acceptors (Lipinski definition) is 1. The molecule has 1 rings (SSSR count). The van der Waals surface area contributed by atoms with Gasteiger partial charge in [0.2, 0.25) is 0 Å². The van der Waals surface area contributed by atoms with Crippen molar-refractivity contribution < 1.29 is 0 Å². The summed E-state index contributed by atoms with van der Waals surface area (Å²) in [6, 6.07) is 7.76. The van der Waals surface area contributed by atoms with Crippen LogP contribution in [0.1, 0.15) is 11.1 Å². The fourth-order valence-electron chi connectivity index (χ4n) is 0.662. The molecule has 1 aromatic rings. The third kappa shape index (κ3) is 1.48. The van der Waals surface area contributed by atoms with Gasteiger partial charge in [-0.05, 0) is 47.2 Å². The first-order chi connectivity index (χ1) is 4.74. The van der Waals surface area contributed by atoms with Gasteiger partial charge in [0.1, 0.15) is 0 Å². The van der Waals surface area contributed by atoms with E-state index in [1.165, 1.54) is 5.56 Å². The second kappa shape index (κ2) is 3.02. The monoisotopic (exact) mass is 243 g/mol. The van der Waals surface area contributed by atoms with Gasteiger partial charge in [-0.2, -0.15) is 5.26 Å². The lowest BCUT2D eigenvalue weighted by Gasteiger charge is -1.95. The second-order valence-corrected chi connectivity index (χ2v) is 3.24. The van der Waals surface area contributed by atoms with Gasteiger partial charge in [-0.3, -0.25) is 0 Å². The van der Waals surface area contributed by atoms with E-state index in [2.05, 4.69) is 28.7 Å². The van der Waals surface area contributed by atoms with Gasteiger partial charge in [0.25, 0.3) is 0 Å². The van der Waals surface area contributed by atoms with Gasteiger partial charge in [-0.1, -0.05) is 6.07 Å². The van der Waals surface area contributed by atoms with Crippen LogP contribution in [0, 0.1) is 21.8 Å². The predicted molar refractivity (Wildman–Crippen MR) is 48.6 cm³/mol. The summed E-state index contributed by atoms with van der Waals surface area (Å²) in [5, 5.41) is 8.50. The minimum atomic E-state index is 0.731. The van der Waals surface area contributed by atoms with Crippen molar-refractivity contribution in [2.75, 3.05) is 0 Å². The number of halogens is 1. The van der Waals surface area contributed by atoms with E-state index >= 15 is 0 Å². The number of aryl methyl sites for hydroxylation is 1. The zero-order valence-electron chi connectivity index (χ0n) is 5.56. The van der Waals surface area contributed by atoms with Crippen LogP contribution in [0.15, 0.2) is 18.2 Å². The highest BCUT2D eigenvalue weighted by Crippen LogP contribution is 2.12. The van der Waals surface area contributed by atoms with Crippen LogP contribution in [0.3, 0.4) is 0 Å². The highest BCUT2D eigenvalue weighted by atomic mass is 127. The molecule has 0 fully saturated rings. The average molecular weight is 243 g/mol. The molecule has 0 aliphatic rings. The van der Waals surface area contributed by atoms with Crippen molar-refractivity contribution >= 4 is 22.6 Å². The molecule has 0 saturated carbocycles. The molecule has 0 amide bonds. The zero-order valence-corrected chi connectivity index (χ0v) is 7.71. The molecule has 0 saturated heterocycles. The first-order valence-electron chi connectivity index (χ1n) is 2.90. The fourth-order valence-corrected chi connectivity index (χ4v) is 1.18. The molecule has 0 atom stereocenters. The Bertz CT molecular complexity index is 286. The molecule has 0 N–H and O–H groups in total. The number of rotatable bonds is 0. The molecular weight excluding hydrogens is 237 g/mol. The van der Waals surface area contributed by atoms with Crippen LogP contribution in [0.25, 0.3) is 0 Å². The molecule has 0 aromatic heterocycles. The summed E-state index contributed by atoms with van der Waals surface area (Å²) in [4.78, 5) is 0. The Morgan fingerprint density at radius 1 is 1.50 bits per heavy atom. The number of benzene rings is 1. The summed E-state index contributed by atoms with van der Waals surface area (Å²) in [5.41, 5.74) is 1.95. The molecule has 0 bridgehead atoms. The minimum Gasteiger partial charge on any atom is -0.192 e. The Balaban J connectivity index is 3.20. The van der Waals surface area contributed by atoms with Crippen molar-refractivity contribution in [3.63, 3.8) is 0 Å². The third-order valence-electron chi connectivity index (χ3n) is 1.30. The first kappa shape index (κ1) is 7.55. The molecular formula is C8H6IN. The van der Waals surface area contributed by atoms with E-state index in [1.807, 2.05) is 25.1 Å². The summed E-state index contributed by atoms with van der Waals surface area (Å²) in [6.07, 6.45) is 0. The van der Waals surface area contributed by atoms with Crippen molar-refractivity contribution in [2.24, 2.45) is 0 Å². The fraction of sp³-hybridized carbons (Fsp3) is 0.125. The van der Waals surface area contributed by atoms with Gasteiger partial charge in [0.05, 0.1) is 11.6 Å². The number of nitrogens with zero attached hydrogens (tertiary/aromatic N) is 1. The minimum absolute atomic E-state index is 0.731. The molecule has 0 spiro atoms. The topological polar surface area (TPSA) is 23.8 Å². The quantitative estimate of drug-likeness (QED) is 0.642. The van der Waals surface area contributed by atoms with Gasteiger partial charge < -0.3 is 0 Å². The molecule has 0 aliphatic heterocycles. The first-order valence-corrected chi connectivity index (χ1v) is 3.98. The lowest BCUT2D eigenvalue weighted by atomic mass is 10.2. The summed E-state index contributed by atoms with van der Waals surface area (Å²) in [5.74, 6) is 0. The maximum Gasteiger partial charge on any atom is 0.0991 e. The lowest BCUT2D eigenvalue weighted by molar-refractivity contribution is 1.40. The van der Waals surface area contributed by atoms with Crippen molar-refractivity contribution in [2.45, 2.75) is 6.92 Å². The molecule has 50 valence electrons. The molecule has 1 aromatic carbocycles. The van der Waals surface area contributed by atoms with E-state index in [1.54, 1.807) is 0 Å². The molecule has 10 heavy (non-hydrogen) atoms. The number of hydrogen-bond donors (Lipinski definition) is 0. The van der Waals surface area contributed by atoms with Crippen LogP contribution in [-0.4, -0.2) is 0 Å². The Morgan fingerprint density at radius 3 is 2.70 bits per heavy atom. The van der Waals surface area contributed by atoms with Crippen molar-refractivity contribution in [3.8, 4) is 6.07 Å². The van der Waals surface area contributed by atoms with E-state index in [-0.39, 0.29) is 0 Å². The van der Waals surface area contributed by atoms with E-state index < -0.39 is 0 Å². The molecule has 1 nitrogen and oxygen atoms in total. The normalized spacial score (nSPS) is 8.90. The van der Waals surface area contributed by atoms with Crippen LogP contribution in [0.2, 0.25) is 0 Å². The maximum absolute atomic E-state index is 8.50. The third-order valence-corrected chi connectivity index (χ3v) is 2.46. The molecule has 0 aliphatic carbocycles. The summed E-state index contributed by atoms with van der Waals surface area (Å²) in [6.45, 7) is 2.03. The van der Waals surface area contributed by atoms with Crippen molar-refractivity contribution in [1.29, 1.82) is 5.26 Å². The largest absolute Gasteiger partial charge is 0.192 e. The standard InChI is InChI=1S/C8H6IN/c1-6-2-3-7(5-10)4-8(6)9/h2-4H,1H3. The number of nitriles is 1. The SMILES string of the molecule is Cc1ccc(C#N)cc1I. The van der Waals surface area contributed by atoms with Crippen LogP contribution in [-0.2, 0) is 0 Å². The molecule has 2 heteroatoms. The summed E-state index contributed by atoms with van der Waals surface area (Å²) < 4.78 is 1.15. The van der Waals surface area contributed by atoms with Crippen LogP contribution in [0.5, 0.6) is 0 Å². The summed E-state index contributed by atoms with van der Waals surface area (Å²) in [7, 11) is 0. The van der Waals surface area contributed by atoms with E-state index in [0.717, 1.165) is 9.13 Å². The summed E-state index contributed by atoms with van der Waals surface area (Å²) >= 11 is 2.22. The predicted octanol–water partition coefficient (Wildman–Crippen LogP) is 2.47. The Hall–Kier alpha value is -0.560. The van der Waals surface area contributed by atoms with Gasteiger partial charge in [-0.25, -0.2) is 0 Å². The molecule has 0 radical (unpaired) electrons. The highest BCUT2D eigenvalue weighted by molar-refractivity contribution is 14.1. The van der Waals surface area contributed by atoms with Gasteiger partial charge >= 0.3 is 0 Å². The van der Waals surface area contributed by atoms with Crippen molar-refractivity contribution in [1.82, 2.24) is 0 Å².